The number of hydrogen-bond acceptors (Lipinski definition) is 3. The summed E-state index contributed by atoms with van der Waals surface area (Å²) in [5, 5.41) is 1.92. The number of piperidine rings is 1. The van der Waals surface area contributed by atoms with Gasteiger partial charge in [0.1, 0.15) is 11.5 Å². The van der Waals surface area contributed by atoms with Gasteiger partial charge in [-0.05, 0) is 54.7 Å². The Morgan fingerprint density at radius 2 is 1.75 bits per heavy atom. The summed E-state index contributed by atoms with van der Waals surface area (Å²) in [7, 11) is 3.17. The molecule has 1 fully saturated rings. The van der Waals surface area contributed by atoms with E-state index in [0.29, 0.717) is 23.0 Å². The maximum absolute atomic E-state index is 13.0. The van der Waals surface area contributed by atoms with E-state index >= 15 is 0 Å². The molecule has 0 bridgehead atoms. The van der Waals surface area contributed by atoms with Crippen LogP contribution in [0.5, 0.6) is 11.5 Å². The summed E-state index contributed by atoms with van der Waals surface area (Å²) in [6, 6.07) is 11.2. The molecule has 5 nitrogen and oxygen atoms in total. The number of aromatic nitrogens is 1. The van der Waals surface area contributed by atoms with E-state index in [2.05, 4.69) is 11.2 Å². The molecule has 0 aliphatic carbocycles. The van der Waals surface area contributed by atoms with Crippen molar-refractivity contribution in [3.05, 3.63) is 58.7 Å². The summed E-state index contributed by atoms with van der Waals surface area (Å²) in [5.41, 5.74) is 2.97. The van der Waals surface area contributed by atoms with Crippen LogP contribution < -0.4 is 9.47 Å². The molecule has 1 N–H and O–H groups in total. The van der Waals surface area contributed by atoms with Crippen LogP contribution in [0.15, 0.2) is 42.6 Å². The summed E-state index contributed by atoms with van der Waals surface area (Å²) in [5.74, 6) is 1.66. The number of aromatic amines is 1. The number of nitrogens with one attached hydrogen (secondary N) is 1. The van der Waals surface area contributed by atoms with Crippen molar-refractivity contribution < 1.29 is 14.3 Å². The number of rotatable bonds is 4. The maximum Gasteiger partial charge on any atom is 0.254 e. The fraction of sp³-hybridized carbons (Fsp3) is 0.318. The first-order valence-corrected chi connectivity index (χ1v) is 9.75. The number of H-pyrrole nitrogens is 1. The molecule has 28 heavy (non-hydrogen) atoms. The Hall–Kier alpha value is -2.66. The molecule has 0 radical (unpaired) electrons. The van der Waals surface area contributed by atoms with Crippen molar-refractivity contribution in [2.24, 2.45) is 0 Å². The molecule has 0 spiro atoms. The van der Waals surface area contributed by atoms with Crippen molar-refractivity contribution in [1.29, 1.82) is 0 Å². The average Bonchev–Trinajstić information content (AvgIpc) is 3.15. The van der Waals surface area contributed by atoms with E-state index in [4.69, 9.17) is 21.1 Å². The molecular formula is C22H23ClN2O3. The molecule has 146 valence electrons. The number of halogens is 1. The van der Waals surface area contributed by atoms with E-state index in [9.17, 15) is 4.79 Å². The van der Waals surface area contributed by atoms with Crippen molar-refractivity contribution in [2.45, 2.75) is 18.8 Å². The van der Waals surface area contributed by atoms with Gasteiger partial charge in [0, 0.05) is 46.8 Å². The van der Waals surface area contributed by atoms with Crippen molar-refractivity contribution in [3.8, 4) is 11.5 Å². The van der Waals surface area contributed by atoms with Gasteiger partial charge in [-0.1, -0.05) is 11.6 Å². The predicted molar refractivity (Wildman–Crippen MR) is 111 cm³/mol. The number of ether oxygens (including phenoxy) is 2. The SMILES string of the molecule is COc1cc(OC)cc(C(=O)N2CCC(c3c[nH]c4ccc(Cl)cc34)CC2)c1. The van der Waals surface area contributed by atoms with E-state index < -0.39 is 0 Å². The minimum atomic E-state index is 0.0117. The van der Waals surface area contributed by atoms with Gasteiger partial charge in [0.05, 0.1) is 14.2 Å². The highest BCUT2D eigenvalue weighted by molar-refractivity contribution is 6.31. The molecule has 4 rings (SSSR count). The largest absolute Gasteiger partial charge is 0.497 e. The van der Waals surface area contributed by atoms with E-state index in [1.165, 1.54) is 10.9 Å². The standard InChI is InChI=1S/C22H23ClN2O3/c1-27-17-9-15(10-18(12-17)28-2)22(26)25-7-5-14(6-8-25)20-13-24-21-4-3-16(23)11-19(20)21/h3-4,9-14,24H,5-8H2,1-2H3. The van der Waals surface area contributed by atoms with E-state index in [1.54, 1.807) is 32.4 Å². The van der Waals surface area contributed by atoms with Crippen molar-refractivity contribution in [2.75, 3.05) is 27.3 Å². The lowest BCUT2D eigenvalue weighted by molar-refractivity contribution is 0.0712. The van der Waals surface area contributed by atoms with Crippen LogP contribution in [0.4, 0.5) is 0 Å². The molecule has 0 saturated carbocycles. The van der Waals surface area contributed by atoms with Crippen LogP contribution in [-0.2, 0) is 0 Å². The summed E-state index contributed by atoms with van der Waals surface area (Å²) in [6.07, 6.45) is 3.93. The Bertz CT molecular complexity index is 984. The number of fused-ring (bicyclic) bond motifs is 1. The first-order chi connectivity index (χ1) is 13.6. The third-order valence-corrected chi connectivity index (χ3v) is 5.73. The highest BCUT2D eigenvalue weighted by Gasteiger charge is 2.26. The number of benzene rings is 2. The monoisotopic (exact) mass is 398 g/mol. The fourth-order valence-corrected chi connectivity index (χ4v) is 4.13. The second kappa shape index (κ2) is 7.76. The third-order valence-electron chi connectivity index (χ3n) is 5.50. The molecule has 1 aliphatic rings. The van der Waals surface area contributed by atoms with Gasteiger partial charge in [0.15, 0.2) is 0 Å². The van der Waals surface area contributed by atoms with Gasteiger partial charge in [-0.25, -0.2) is 0 Å². The van der Waals surface area contributed by atoms with Crippen LogP contribution in [0, 0.1) is 0 Å². The molecule has 2 heterocycles. The zero-order valence-electron chi connectivity index (χ0n) is 16.0. The van der Waals surface area contributed by atoms with E-state index in [-0.39, 0.29) is 5.91 Å². The van der Waals surface area contributed by atoms with Crippen LogP contribution in [0.25, 0.3) is 10.9 Å². The zero-order valence-corrected chi connectivity index (χ0v) is 16.8. The second-order valence-electron chi connectivity index (χ2n) is 7.10. The Morgan fingerprint density at radius 3 is 2.39 bits per heavy atom. The minimum Gasteiger partial charge on any atom is -0.497 e. The number of amides is 1. The third kappa shape index (κ3) is 3.54. The topological polar surface area (TPSA) is 54.6 Å². The number of likely N-dealkylation sites (tertiary alicyclic amines) is 1. The van der Waals surface area contributed by atoms with Gasteiger partial charge in [-0.3, -0.25) is 4.79 Å². The number of nitrogens with zero attached hydrogens (tertiary/aromatic N) is 1. The van der Waals surface area contributed by atoms with Gasteiger partial charge in [0.25, 0.3) is 5.91 Å². The molecule has 1 saturated heterocycles. The maximum atomic E-state index is 13.0. The first-order valence-electron chi connectivity index (χ1n) is 9.38. The molecule has 6 heteroatoms. The highest BCUT2D eigenvalue weighted by Crippen LogP contribution is 2.35. The molecule has 2 aromatic carbocycles. The van der Waals surface area contributed by atoms with E-state index in [0.717, 1.165) is 36.5 Å². The van der Waals surface area contributed by atoms with Crippen LogP contribution in [0.3, 0.4) is 0 Å². The molecule has 1 aromatic heterocycles. The number of carbonyl (C=O) groups excluding carboxylic acids is 1. The molecule has 1 amide bonds. The normalized spacial score (nSPS) is 15.0. The Kier molecular flexibility index (Phi) is 5.18. The predicted octanol–water partition coefficient (Wildman–Crippen LogP) is 4.86. The second-order valence-corrected chi connectivity index (χ2v) is 7.54. The summed E-state index contributed by atoms with van der Waals surface area (Å²) in [6.45, 7) is 1.44. The van der Waals surface area contributed by atoms with Crippen molar-refractivity contribution in [1.82, 2.24) is 9.88 Å². The van der Waals surface area contributed by atoms with Crippen molar-refractivity contribution in [3.63, 3.8) is 0 Å². The smallest absolute Gasteiger partial charge is 0.254 e. The van der Waals surface area contributed by atoms with Crippen LogP contribution in [0.1, 0.15) is 34.7 Å². The lowest BCUT2D eigenvalue weighted by atomic mass is 9.89. The lowest BCUT2D eigenvalue weighted by Crippen LogP contribution is -2.37. The average molecular weight is 399 g/mol. The number of carbonyl (C=O) groups is 1. The van der Waals surface area contributed by atoms with Crippen LogP contribution >= 0.6 is 11.6 Å². The zero-order chi connectivity index (χ0) is 19.7. The Labute approximate surface area is 169 Å². The molecular weight excluding hydrogens is 376 g/mol. The summed E-state index contributed by atoms with van der Waals surface area (Å²) in [4.78, 5) is 18.2. The first kappa shape index (κ1) is 18.7. The summed E-state index contributed by atoms with van der Waals surface area (Å²) >= 11 is 6.18. The molecule has 0 unspecified atom stereocenters. The van der Waals surface area contributed by atoms with Gasteiger partial charge in [-0.2, -0.15) is 0 Å². The summed E-state index contributed by atoms with van der Waals surface area (Å²) < 4.78 is 10.6. The fourth-order valence-electron chi connectivity index (χ4n) is 3.96. The van der Waals surface area contributed by atoms with Gasteiger partial charge in [0.2, 0.25) is 0 Å². The molecule has 1 aliphatic heterocycles. The quantitative estimate of drug-likeness (QED) is 0.682. The Morgan fingerprint density at radius 1 is 1.07 bits per heavy atom. The van der Waals surface area contributed by atoms with E-state index in [1.807, 2.05) is 23.1 Å². The number of methoxy groups -OCH3 is 2. The van der Waals surface area contributed by atoms with Crippen molar-refractivity contribution >= 4 is 28.4 Å². The van der Waals surface area contributed by atoms with Crippen LogP contribution in [0.2, 0.25) is 5.02 Å². The van der Waals surface area contributed by atoms with Gasteiger partial charge >= 0.3 is 0 Å². The van der Waals surface area contributed by atoms with Gasteiger partial charge in [-0.15, -0.1) is 0 Å². The molecule has 3 aromatic rings. The Balaban J connectivity index is 1.49. The lowest BCUT2D eigenvalue weighted by Gasteiger charge is -2.32. The molecule has 0 atom stereocenters. The van der Waals surface area contributed by atoms with Crippen LogP contribution in [-0.4, -0.2) is 43.1 Å². The highest BCUT2D eigenvalue weighted by atomic mass is 35.5. The number of hydrogen-bond donors (Lipinski definition) is 1. The van der Waals surface area contributed by atoms with Gasteiger partial charge < -0.3 is 19.4 Å². The minimum absolute atomic E-state index is 0.0117.